The topological polar surface area (TPSA) is 26.7 Å². The Morgan fingerprint density at radius 1 is 1.32 bits per heavy atom. The van der Waals surface area contributed by atoms with E-state index < -0.39 is 6.10 Å². The third-order valence-electron chi connectivity index (χ3n) is 3.99. The van der Waals surface area contributed by atoms with Crippen LogP contribution >= 0.6 is 0 Å². The Hall–Kier alpha value is -1.13. The van der Waals surface area contributed by atoms with E-state index in [4.69, 9.17) is 0 Å². The number of anilines is 1. The summed E-state index contributed by atoms with van der Waals surface area (Å²) in [5.41, 5.74) is 1.28. The molecular formula is C15H23FN2O. The van der Waals surface area contributed by atoms with Crippen molar-refractivity contribution in [3.05, 3.63) is 29.6 Å². The number of halogens is 1. The quantitative estimate of drug-likeness (QED) is 0.910. The lowest BCUT2D eigenvalue weighted by molar-refractivity contribution is 0.199. The summed E-state index contributed by atoms with van der Waals surface area (Å²) in [5.74, 6) is -0.235. The first-order valence-corrected chi connectivity index (χ1v) is 6.88. The van der Waals surface area contributed by atoms with Crippen LogP contribution in [0, 0.1) is 5.82 Å². The minimum atomic E-state index is -0.622. The Morgan fingerprint density at radius 3 is 2.42 bits per heavy atom. The maximum Gasteiger partial charge on any atom is 0.146 e. The second-order valence-electron chi connectivity index (χ2n) is 5.57. The van der Waals surface area contributed by atoms with Gasteiger partial charge in [-0.15, -0.1) is 0 Å². The van der Waals surface area contributed by atoms with Crippen molar-refractivity contribution in [2.45, 2.75) is 31.9 Å². The molecule has 0 unspecified atom stereocenters. The molecule has 3 nitrogen and oxygen atoms in total. The molecule has 1 aromatic rings. The molecule has 106 valence electrons. The van der Waals surface area contributed by atoms with Crippen LogP contribution < -0.4 is 4.90 Å². The van der Waals surface area contributed by atoms with E-state index in [-0.39, 0.29) is 5.82 Å². The number of rotatable bonds is 3. The van der Waals surface area contributed by atoms with Crippen LogP contribution in [0.1, 0.15) is 31.4 Å². The van der Waals surface area contributed by atoms with Crippen molar-refractivity contribution in [2.75, 3.05) is 32.1 Å². The molecule has 1 atom stereocenters. The Kier molecular flexibility index (Phi) is 4.42. The molecule has 0 saturated carbocycles. The van der Waals surface area contributed by atoms with Crippen molar-refractivity contribution in [3.8, 4) is 0 Å². The SMILES string of the molecule is C[C@H](O)c1ccc(N2CCC(N(C)C)CC2)c(F)c1. The molecule has 2 rings (SSSR count). The monoisotopic (exact) mass is 266 g/mol. The summed E-state index contributed by atoms with van der Waals surface area (Å²) in [4.78, 5) is 4.34. The molecule has 0 aliphatic carbocycles. The Morgan fingerprint density at radius 2 is 1.95 bits per heavy atom. The highest BCUT2D eigenvalue weighted by Crippen LogP contribution is 2.26. The van der Waals surface area contributed by atoms with Crippen LogP contribution in [-0.2, 0) is 0 Å². The number of piperidine rings is 1. The standard InChI is InChI=1S/C15H23FN2O/c1-11(19)12-4-5-15(14(16)10-12)18-8-6-13(7-9-18)17(2)3/h4-5,10-11,13,19H,6-9H2,1-3H3/t11-/m0/s1. The van der Waals surface area contributed by atoms with Gasteiger partial charge in [0, 0.05) is 19.1 Å². The van der Waals surface area contributed by atoms with E-state index in [0.717, 1.165) is 25.9 Å². The summed E-state index contributed by atoms with van der Waals surface area (Å²) >= 11 is 0. The fourth-order valence-electron chi connectivity index (χ4n) is 2.66. The lowest BCUT2D eigenvalue weighted by Crippen LogP contribution is -2.42. The van der Waals surface area contributed by atoms with Gasteiger partial charge >= 0.3 is 0 Å². The number of hydrogen-bond donors (Lipinski definition) is 1. The summed E-state index contributed by atoms with van der Waals surface area (Å²) in [6, 6.07) is 5.63. The molecule has 0 aromatic heterocycles. The van der Waals surface area contributed by atoms with Gasteiger partial charge in [0.25, 0.3) is 0 Å². The largest absolute Gasteiger partial charge is 0.389 e. The smallest absolute Gasteiger partial charge is 0.146 e. The van der Waals surface area contributed by atoms with E-state index in [0.29, 0.717) is 17.3 Å². The zero-order chi connectivity index (χ0) is 14.0. The molecule has 0 radical (unpaired) electrons. The van der Waals surface area contributed by atoms with Crippen molar-refractivity contribution in [1.29, 1.82) is 0 Å². The van der Waals surface area contributed by atoms with Crippen molar-refractivity contribution < 1.29 is 9.50 Å². The normalized spacial score (nSPS) is 18.9. The van der Waals surface area contributed by atoms with Crippen molar-refractivity contribution in [1.82, 2.24) is 4.90 Å². The first-order chi connectivity index (χ1) is 8.99. The molecule has 1 heterocycles. The molecule has 1 N–H and O–H groups in total. The van der Waals surface area contributed by atoms with Gasteiger partial charge in [0.05, 0.1) is 11.8 Å². The molecule has 1 fully saturated rings. The van der Waals surface area contributed by atoms with Gasteiger partial charge in [-0.2, -0.15) is 0 Å². The molecule has 0 bridgehead atoms. The molecule has 19 heavy (non-hydrogen) atoms. The maximum absolute atomic E-state index is 14.1. The van der Waals surface area contributed by atoms with E-state index in [9.17, 15) is 9.50 Å². The van der Waals surface area contributed by atoms with E-state index in [1.807, 2.05) is 0 Å². The summed E-state index contributed by atoms with van der Waals surface area (Å²) in [7, 11) is 4.19. The highest BCUT2D eigenvalue weighted by Gasteiger charge is 2.22. The summed E-state index contributed by atoms with van der Waals surface area (Å²) < 4.78 is 14.1. The number of benzene rings is 1. The van der Waals surface area contributed by atoms with Crippen molar-refractivity contribution in [3.63, 3.8) is 0 Å². The second kappa shape index (κ2) is 5.88. The van der Waals surface area contributed by atoms with E-state index in [1.165, 1.54) is 6.07 Å². The van der Waals surface area contributed by atoms with Crippen LogP contribution in [0.25, 0.3) is 0 Å². The van der Waals surface area contributed by atoms with Gasteiger partial charge in [0.15, 0.2) is 0 Å². The fourth-order valence-corrected chi connectivity index (χ4v) is 2.66. The van der Waals surface area contributed by atoms with Gasteiger partial charge in [-0.25, -0.2) is 4.39 Å². The fraction of sp³-hybridized carbons (Fsp3) is 0.600. The van der Waals surface area contributed by atoms with Crippen molar-refractivity contribution in [2.24, 2.45) is 0 Å². The summed E-state index contributed by atoms with van der Waals surface area (Å²) in [5, 5.41) is 9.46. The van der Waals surface area contributed by atoms with Crippen LogP contribution in [0.2, 0.25) is 0 Å². The molecular weight excluding hydrogens is 243 g/mol. The number of nitrogens with zero attached hydrogens (tertiary/aromatic N) is 2. The lowest BCUT2D eigenvalue weighted by atomic mass is 10.0. The van der Waals surface area contributed by atoms with E-state index in [1.54, 1.807) is 19.1 Å². The third kappa shape index (κ3) is 3.25. The average Bonchev–Trinajstić information content (AvgIpc) is 2.38. The lowest BCUT2D eigenvalue weighted by Gasteiger charge is -2.36. The van der Waals surface area contributed by atoms with Crippen LogP contribution in [0.3, 0.4) is 0 Å². The van der Waals surface area contributed by atoms with Gasteiger partial charge in [-0.1, -0.05) is 6.07 Å². The minimum absolute atomic E-state index is 0.235. The molecule has 4 heteroatoms. The van der Waals surface area contributed by atoms with Crippen LogP contribution in [-0.4, -0.2) is 43.2 Å². The van der Waals surface area contributed by atoms with Gasteiger partial charge in [-0.05, 0) is 51.6 Å². The Balaban J connectivity index is 2.07. The highest BCUT2D eigenvalue weighted by molar-refractivity contribution is 5.49. The molecule has 1 aliphatic rings. The van der Waals surface area contributed by atoms with E-state index in [2.05, 4.69) is 23.9 Å². The van der Waals surface area contributed by atoms with Gasteiger partial charge < -0.3 is 14.9 Å². The Labute approximate surface area is 114 Å². The zero-order valence-electron chi connectivity index (χ0n) is 11.9. The summed E-state index contributed by atoms with van der Waals surface area (Å²) in [6.07, 6.45) is 1.50. The highest BCUT2D eigenvalue weighted by atomic mass is 19.1. The molecule has 1 aromatic carbocycles. The van der Waals surface area contributed by atoms with E-state index >= 15 is 0 Å². The number of hydrogen-bond acceptors (Lipinski definition) is 3. The molecule has 1 aliphatic heterocycles. The first kappa shape index (κ1) is 14.3. The van der Waals surface area contributed by atoms with Gasteiger partial charge in [0.1, 0.15) is 5.82 Å². The van der Waals surface area contributed by atoms with Gasteiger partial charge in [0.2, 0.25) is 0 Å². The molecule has 1 saturated heterocycles. The van der Waals surface area contributed by atoms with Crippen LogP contribution in [0.15, 0.2) is 18.2 Å². The minimum Gasteiger partial charge on any atom is -0.389 e. The van der Waals surface area contributed by atoms with Crippen LogP contribution in [0.5, 0.6) is 0 Å². The van der Waals surface area contributed by atoms with Crippen molar-refractivity contribution >= 4 is 5.69 Å². The number of aliphatic hydroxyl groups is 1. The predicted molar refractivity (Wildman–Crippen MR) is 76.0 cm³/mol. The van der Waals surface area contributed by atoms with Gasteiger partial charge in [-0.3, -0.25) is 0 Å². The molecule has 0 spiro atoms. The number of aliphatic hydroxyl groups excluding tert-OH is 1. The van der Waals surface area contributed by atoms with Crippen LogP contribution in [0.4, 0.5) is 10.1 Å². The maximum atomic E-state index is 14.1. The average molecular weight is 266 g/mol. The second-order valence-corrected chi connectivity index (χ2v) is 5.57. The first-order valence-electron chi connectivity index (χ1n) is 6.88. The Bertz CT molecular complexity index is 426. The summed E-state index contributed by atoms with van der Waals surface area (Å²) in [6.45, 7) is 3.42. The third-order valence-corrected chi connectivity index (χ3v) is 3.99. The molecule has 0 amide bonds. The predicted octanol–water partition coefficient (Wildman–Crippen LogP) is 2.41. The zero-order valence-corrected chi connectivity index (χ0v) is 11.9.